The molecule has 1 N–H and O–H groups in total. The molecule has 1 fully saturated rings. The molecule has 1 heterocycles. The predicted octanol–water partition coefficient (Wildman–Crippen LogP) is 7.06. The van der Waals surface area contributed by atoms with Crippen LogP contribution in [0.1, 0.15) is 24.8 Å². The van der Waals surface area contributed by atoms with Crippen LogP contribution in [0, 0.1) is 11.3 Å². The third-order valence-corrected chi connectivity index (χ3v) is 6.39. The molecule has 0 spiro atoms. The van der Waals surface area contributed by atoms with Gasteiger partial charge in [0.1, 0.15) is 0 Å². The number of urea groups is 1. The molecule has 1 saturated heterocycles. The molecule has 0 bridgehead atoms. The van der Waals surface area contributed by atoms with Crippen LogP contribution in [0.3, 0.4) is 0 Å². The fraction of sp³-hybridized carbons (Fsp3) is 0.259. The van der Waals surface area contributed by atoms with Crippen LogP contribution in [0.15, 0.2) is 66.7 Å². The first-order valence-corrected chi connectivity index (χ1v) is 12.1. The summed E-state index contributed by atoms with van der Waals surface area (Å²) < 4.78 is 0. The lowest BCUT2D eigenvalue weighted by atomic mass is 10.0. The van der Waals surface area contributed by atoms with Gasteiger partial charge in [0.25, 0.3) is 0 Å². The lowest BCUT2D eigenvalue weighted by molar-refractivity contribution is 0.230. The van der Waals surface area contributed by atoms with Gasteiger partial charge in [-0.1, -0.05) is 53.9 Å². The Morgan fingerprint density at radius 3 is 2.32 bits per heavy atom. The van der Waals surface area contributed by atoms with Gasteiger partial charge >= 0.3 is 6.03 Å². The van der Waals surface area contributed by atoms with E-state index in [1.165, 1.54) is 19.3 Å². The largest absolute Gasteiger partial charge is 0.326 e. The molecule has 0 unspecified atom stereocenters. The molecule has 5 nitrogen and oxygen atoms in total. The van der Waals surface area contributed by atoms with E-state index >= 15 is 0 Å². The number of likely N-dealkylation sites (tertiary alicyclic amines) is 1. The molecule has 0 aromatic heterocycles. The molecular weight excluding hydrogens is 467 g/mol. The number of hydrogen-bond acceptors (Lipinski definition) is 3. The zero-order chi connectivity index (χ0) is 23.9. The van der Waals surface area contributed by atoms with E-state index in [9.17, 15) is 10.1 Å². The number of carbonyl (C=O) groups is 1. The van der Waals surface area contributed by atoms with Crippen molar-refractivity contribution in [3.05, 3.63) is 82.3 Å². The average molecular weight is 493 g/mol. The Hall–Kier alpha value is -3.04. The van der Waals surface area contributed by atoms with Gasteiger partial charge in [-0.05, 0) is 79.5 Å². The number of anilines is 2. The van der Waals surface area contributed by atoms with E-state index in [1.807, 2.05) is 42.5 Å². The zero-order valence-corrected chi connectivity index (χ0v) is 20.3. The van der Waals surface area contributed by atoms with Crippen molar-refractivity contribution in [1.82, 2.24) is 4.90 Å². The summed E-state index contributed by atoms with van der Waals surface area (Å²) in [5.74, 6) is 0. The van der Waals surface area contributed by atoms with Crippen molar-refractivity contribution in [2.75, 3.05) is 36.4 Å². The molecular formula is C27H26Cl2N4O. The lowest BCUT2D eigenvalue weighted by Gasteiger charge is -2.30. The lowest BCUT2D eigenvalue weighted by Crippen LogP contribution is -2.42. The average Bonchev–Trinajstić information content (AvgIpc) is 2.84. The van der Waals surface area contributed by atoms with Gasteiger partial charge in [0, 0.05) is 34.5 Å². The van der Waals surface area contributed by atoms with E-state index in [1.54, 1.807) is 29.2 Å². The van der Waals surface area contributed by atoms with Crippen molar-refractivity contribution < 1.29 is 4.79 Å². The number of rotatable bonds is 6. The van der Waals surface area contributed by atoms with E-state index < -0.39 is 0 Å². The van der Waals surface area contributed by atoms with Crippen LogP contribution in [0.25, 0.3) is 11.1 Å². The summed E-state index contributed by atoms with van der Waals surface area (Å²) >= 11 is 12.2. The van der Waals surface area contributed by atoms with Crippen LogP contribution in [0.2, 0.25) is 10.0 Å². The maximum absolute atomic E-state index is 13.3. The van der Waals surface area contributed by atoms with Gasteiger partial charge in [-0.2, -0.15) is 5.26 Å². The number of halogens is 2. The number of nitrogens with one attached hydrogen (secondary N) is 1. The van der Waals surface area contributed by atoms with Crippen LogP contribution in [0.5, 0.6) is 0 Å². The quantitative estimate of drug-likeness (QED) is 0.400. The monoisotopic (exact) mass is 492 g/mol. The van der Waals surface area contributed by atoms with E-state index in [0.717, 1.165) is 36.4 Å². The summed E-state index contributed by atoms with van der Waals surface area (Å²) in [6.45, 7) is 3.49. The summed E-state index contributed by atoms with van der Waals surface area (Å²) in [6.07, 6.45) is 3.66. The molecule has 2 amide bonds. The Bertz CT molecular complexity index is 1160. The third-order valence-electron chi connectivity index (χ3n) is 5.95. The van der Waals surface area contributed by atoms with Crippen molar-refractivity contribution in [3.8, 4) is 17.2 Å². The fourth-order valence-corrected chi connectivity index (χ4v) is 4.72. The molecule has 0 radical (unpaired) electrons. The second-order valence-corrected chi connectivity index (χ2v) is 9.25. The predicted molar refractivity (Wildman–Crippen MR) is 140 cm³/mol. The van der Waals surface area contributed by atoms with Crippen molar-refractivity contribution in [2.45, 2.75) is 19.3 Å². The van der Waals surface area contributed by atoms with Crippen LogP contribution in [-0.4, -0.2) is 37.1 Å². The first-order valence-electron chi connectivity index (χ1n) is 11.4. The molecule has 174 valence electrons. The zero-order valence-electron chi connectivity index (χ0n) is 18.8. The minimum atomic E-state index is -0.241. The molecule has 1 aliphatic heterocycles. The number of amides is 2. The molecule has 0 atom stereocenters. The maximum atomic E-state index is 13.3. The van der Waals surface area contributed by atoms with E-state index in [2.05, 4.69) is 16.3 Å². The summed E-state index contributed by atoms with van der Waals surface area (Å²) in [4.78, 5) is 17.5. The summed E-state index contributed by atoms with van der Waals surface area (Å²) in [7, 11) is 0. The van der Waals surface area contributed by atoms with Gasteiger partial charge in [-0.3, -0.25) is 4.90 Å². The number of benzene rings is 3. The minimum Gasteiger partial charge on any atom is -0.307 e. The topological polar surface area (TPSA) is 59.4 Å². The van der Waals surface area contributed by atoms with E-state index in [4.69, 9.17) is 23.2 Å². The van der Waals surface area contributed by atoms with Gasteiger partial charge < -0.3 is 10.2 Å². The van der Waals surface area contributed by atoms with Crippen molar-refractivity contribution in [1.29, 1.82) is 5.26 Å². The highest BCUT2D eigenvalue weighted by Gasteiger charge is 2.19. The third kappa shape index (κ3) is 6.30. The van der Waals surface area contributed by atoms with E-state index in [-0.39, 0.29) is 6.03 Å². The SMILES string of the molecule is N#Cc1cccc(-c2ccc(N(CCN3CCCCC3)C(=O)Nc3cc(Cl)cc(Cl)c3)cc2)c1. The normalized spacial score (nSPS) is 13.8. The highest BCUT2D eigenvalue weighted by molar-refractivity contribution is 6.35. The Kier molecular flexibility index (Phi) is 8.08. The molecule has 34 heavy (non-hydrogen) atoms. The number of carbonyl (C=O) groups excluding carboxylic acids is 1. The molecule has 3 aromatic carbocycles. The molecule has 0 aliphatic carbocycles. The first-order chi connectivity index (χ1) is 16.5. The highest BCUT2D eigenvalue weighted by atomic mass is 35.5. The van der Waals surface area contributed by atoms with Gasteiger partial charge in [0.05, 0.1) is 11.6 Å². The second kappa shape index (κ2) is 11.4. The Morgan fingerprint density at radius 1 is 0.941 bits per heavy atom. The number of piperidine rings is 1. The standard InChI is InChI=1S/C27H26Cl2N4O/c28-23-16-24(29)18-25(17-23)31-27(34)33(14-13-32-11-2-1-3-12-32)26-9-7-21(8-10-26)22-6-4-5-20(15-22)19-30/h4-10,15-18H,1-3,11-14H2,(H,31,34). The van der Waals surface area contributed by atoms with Crippen LogP contribution >= 0.6 is 23.2 Å². The Labute approximate surface area is 210 Å². The van der Waals surface area contributed by atoms with Gasteiger partial charge in [0.2, 0.25) is 0 Å². The maximum Gasteiger partial charge on any atom is 0.326 e. The Morgan fingerprint density at radius 2 is 1.65 bits per heavy atom. The van der Waals surface area contributed by atoms with Crippen molar-refractivity contribution in [2.24, 2.45) is 0 Å². The van der Waals surface area contributed by atoms with Crippen LogP contribution in [-0.2, 0) is 0 Å². The smallest absolute Gasteiger partial charge is 0.307 e. The first kappa shape index (κ1) is 24.1. The molecule has 4 rings (SSSR count). The number of nitrogens with zero attached hydrogens (tertiary/aromatic N) is 3. The molecule has 7 heteroatoms. The summed E-state index contributed by atoms with van der Waals surface area (Å²) in [5.41, 5.74) is 3.91. The Balaban J connectivity index is 1.56. The fourth-order valence-electron chi connectivity index (χ4n) is 4.19. The van der Waals surface area contributed by atoms with Crippen LogP contribution < -0.4 is 10.2 Å². The van der Waals surface area contributed by atoms with Crippen LogP contribution in [0.4, 0.5) is 16.2 Å². The molecule has 3 aromatic rings. The highest BCUT2D eigenvalue weighted by Crippen LogP contribution is 2.26. The van der Waals surface area contributed by atoms with Gasteiger partial charge in [0.15, 0.2) is 0 Å². The van der Waals surface area contributed by atoms with Crippen molar-refractivity contribution in [3.63, 3.8) is 0 Å². The number of nitriles is 1. The molecule has 1 aliphatic rings. The molecule has 0 saturated carbocycles. The summed E-state index contributed by atoms with van der Waals surface area (Å²) in [5, 5.41) is 13.1. The van der Waals surface area contributed by atoms with Crippen molar-refractivity contribution >= 4 is 40.6 Å². The second-order valence-electron chi connectivity index (χ2n) is 8.38. The minimum absolute atomic E-state index is 0.241. The van der Waals surface area contributed by atoms with Gasteiger partial charge in [-0.15, -0.1) is 0 Å². The van der Waals surface area contributed by atoms with E-state index in [0.29, 0.717) is 27.8 Å². The summed E-state index contributed by atoms with van der Waals surface area (Å²) in [6, 6.07) is 22.2. The number of hydrogen-bond donors (Lipinski definition) is 1. The van der Waals surface area contributed by atoms with Gasteiger partial charge in [-0.25, -0.2) is 4.79 Å².